The van der Waals surface area contributed by atoms with Crippen LogP contribution in [-0.2, 0) is 10.0 Å². The van der Waals surface area contributed by atoms with Gasteiger partial charge in [0.25, 0.3) is 0 Å². The predicted octanol–water partition coefficient (Wildman–Crippen LogP) is 2.36. The SMILES string of the molecule is C[C@H]1CCCN(C[C@@H](C)NS(=O)(=O)c2cc(F)ccc2F)C1. The first-order valence-electron chi connectivity index (χ1n) is 7.47. The molecule has 0 amide bonds. The van der Waals surface area contributed by atoms with Crippen LogP contribution in [0.15, 0.2) is 23.1 Å². The van der Waals surface area contributed by atoms with E-state index in [1.54, 1.807) is 6.92 Å². The number of hydrogen-bond acceptors (Lipinski definition) is 3. The smallest absolute Gasteiger partial charge is 0.243 e. The van der Waals surface area contributed by atoms with Gasteiger partial charge >= 0.3 is 0 Å². The average molecular weight is 332 g/mol. The maximum Gasteiger partial charge on any atom is 0.243 e. The van der Waals surface area contributed by atoms with Crippen molar-refractivity contribution in [2.24, 2.45) is 5.92 Å². The van der Waals surface area contributed by atoms with Crippen molar-refractivity contribution in [2.45, 2.75) is 37.6 Å². The zero-order valence-electron chi connectivity index (χ0n) is 12.9. The van der Waals surface area contributed by atoms with Crippen LogP contribution in [0.5, 0.6) is 0 Å². The van der Waals surface area contributed by atoms with Crippen molar-refractivity contribution < 1.29 is 17.2 Å². The first-order valence-corrected chi connectivity index (χ1v) is 8.96. The van der Waals surface area contributed by atoms with Gasteiger partial charge < -0.3 is 4.90 Å². The molecule has 0 radical (unpaired) electrons. The second-order valence-electron chi connectivity index (χ2n) is 6.10. The molecule has 0 aliphatic carbocycles. The summed E-state index contributed by atoms with van der Waals surface area (Å²) in [5, 5.41) is 0. The number of nitrogens with one attached hydrogen (secondary N) is 1. The minimum atomic E-state index is -4.07. The van der Waals surface area contributed by atoms with Crippen LogP contribution in [0.25, 0.3) is 0 Å². The highest BCUT2D eigenvalue weighted by Gasteiger charge is 2.24. The minimum absolute atomic E-state index is 0.377. The summed E-state index contributed by atoms with van der Waals surface area (Å²) >= 11 is 0. The molecule has 0 bridgehead atoms. The lowest BCUT2D eigenvalue weighted by atomic mass is 10.00. The Kier molecular flexibility index (Phi) is 5.52. The van der Waals surface area contributed by atoms with Gasteiger partial charge in [0.05, 0.1) is 0 Å². The molecule has 0 spiro atoms. The number of sulfonamides is 1. The van der Waals surface area contributed by atoms with E-state index in [2.05, 4.69) is 16.5 Å². The van der Waals surface area contributed by atoms with Crippen LogP contribution in [-0.4, -0.2) is 39.0 Å². The Morgan fingerprint density at radius 1 is 1.41 bits per heavy atom. The Morgan fingerprint density at radius 2 is 2.14 bits per heavy atom. The minimum Gasteiger partial charge on any atom is -0.301 e. The number of nitrogens with zero attached hydrogens (tertiary/aromatic N) is 1. The molecule has 1 aliphatic rings. The van der Waals surface area contributed by atoms with Gasteiger partial charge in [-0.25, -0.2) is 21.9 Å². The highest BCUT2D eigenvalue weighted by molar-refractivity contribution is 7.89. The predicted molar refractivity (Wildman–Crippen MR) is 81.0 cm³/mol. The van der Waals surface area contributed by atoms with Gasteiger partial charge in [-0.05, 0) is 50.4 Å². The first-order chi connectivity index (χ1) is 10.3. The average Bonchev–Trinajstić information content (AvgIpc) is 2.40. The van der Waals surface area contributed by atoms with E-state index in [1.165, 1.54) is 6.42 Å². The molecule has 0 unspecified atom stereocenters. The number of rotatable bonds is 5. The Labute approximate surface area is 130 Å². The summed E-state index contributed by atoms with van der Waals surface area (Å²) in [6.45, 7) is 6.32. The lowest BCUT2D eigenvalue weighted by molar-refractivity contribution is 0.174. The van der Waals surface area contributed by atoms with Gasteiger partial charge in [-0.2, -0.15) is 0 Å². The molecule has 1 saturated heterocycles. The Bertz CT molecular complexity index is 622. The van der Waals surface area contributed by atoms with E-state index in [9.17, 15) is 17.2 Å². The Balaban J connectivity index is 2.03. The van der Waals surface area contributed by atoms with E-state index in [-0.39, 0.29) is 6.04 Å². The van der Waals surface area contributed by atoms with Crippen molar-refractivity contribution in [3.63, 3.8) is 0 Å². The third-order valence-electron chi connectivity index (χ3n) is 3.81. The molecule has 1 heterocycles. The van der Waals surface area contributed by atoms with Gasteiger partial charge in [-0.15, -0.1) is 0 Å². The molecule has 2 atom stereocenters. The lowest BCUT2D eigenvalue weighted by Crippen LogP contribution is -2.45. The van der Waals surface area contributed by atoms with E-state index >= 15 is 0 Å². The maximum atomic E-state index is 13.6. The summed E-state index contributed by atoms with van der Waals surface area (Å²) in [5.74, 6) is -1.13. The second kappa shape index (κ2) is 7.02. The Hall–Kier alpha value is -1.05. The molecule has 22 heavy (non-hydrogen) atoms. The maximum absolute atomic E-state index is 13.6. The molecule has 2 rings (SSSR count). The number of halogens is 2. The molecule has 124 valence electrons. The van der Waals surface area contributed by atoms with Crippen molar-refractivity contribution in [3.8, 4) is 0 Å². The Morgan fingerprint density at radius 3 is 2.82 bits per heavy atom. The summed E-state index contributed by atoms with van der Waals surface area (Å²) in [6, 6.07) is 2.04. The van der Waals surface area contributed by atoms with Gasteiger partial charge in [-0.3, -0.25) is 0 Å². The summed E-state index contributed by atoms with van der Waals surface area (Å²) in [4.78, 5) is 1.55. The molecule has 1 fully saturated rings. The number of piperidine rings is 1. The third-order valence-corrected chi connectivity index (χ3v) is 5.42. The summed E-state index contributed by atoms with van der Waals surface area (Å²) in [6.07, 6.45) is 2.28. The highest BCUT2D eigenvalue weighted by atomic mass is 32.2. The van der Waals surface area contributed by atoms with Crippen LogP contribution in [0.4, 0.5) is 8.78 Å². The van der Waals surface area contributed by atoms with E-state index in [0.29, 0.717) is 18.5 Å². The van der Waals surface area contributed by atoms with Crippen LogP contribution >= 0.6 is 0 Å². The zero-order chi connectivity index (χ0) is 16.3. The highest BCUT2D eigenvalue weighted by Crippen LogP contribution is 2.18. The largest absolute Gasteiger partial charge is 0.301 e. The lowest BCUT2D eigenvalue weighted by Gasteiger charge is -2.32. The topological polar surface area (TPSA) is 49.4 Å². The molecule has 0 aromatic heterocycles. The summed E-state index contributed by atoms with van der Waals surface area (Å²) in [5.41, 5.74) is 0. The van der Waals surface area contributed by atoms with E-state index in [4.69, 9.17) is 0 Å². The van der Waals surface area contributed by atoms with Crippen molar-refractivity contribution >= 4 is 10.0 Å². The molecule has 1 aromatic carbocycles. The summed E-state index contributed by atoms with van der Waals surface area (Å²) in [7, 11) is -4.07. The monoisotopic (exact) mass is 332 g/mol. The van der Waals surface area contributed by atoms with Crippen LogP contribution in [0.2, 0.25) is 0 Å². The molecule has 4 nitrogen and oxygen atoms in total. The molecule has 1 N–H and O–H groups in total. The van der Waals surface area contributed by atoms with E-state index < -0.39 is 26.6 Å². The number of benzene rings is 1. The van der Waals surface area contributed by atoms with Gasteiger partial charge in [-0.1, -0.05) is 6.92 Å². The van der Waals surface area contributed by atoms with Gasteiger partial charge in [0.15, 0.2) is 0 Å². The van der Waals surface area contributed by atoms with Crippen molar-refractivity contribution in [1.29, 1.82) is 0 Å². The van der Waals surface area contributed by atoms with E-state index in [1.807, 2.05) is 0 Å². The molecular weight excluding hydrogens is 310 g/mol. The van der Waals surface area contributed by atoms with E-state index in [0.717, 1.165) is 31.6 Å². The molecule has 0 saturated carbocycles. The number of likely N-dealkylation sites (tertiary alicyclic amines) is 1. The quantitative estimate of drug-likeness (QED) is 0.900. The second-order valence-corrected chi connectivity index (χ2v) is 7.79. The fourth-order valence-electron chi connectivity index (χ4n) is 2.89. The molecule has 1 aromatic rings. The van der Waals surface area contributed by atoms with Crippen molar-refractivity contribution in [1.82, 2.24) is 9.62 Å². The normalized spacial score (nSPS) is 21.7. The van der Waals surface area contributed by atoms with Crippen LogP contribution < -0.4 is 4.72 Å². The van der Waals surface area contributed by atoms with Gasteiger partial charge in [0.1, 0.15) is 16.5 Å². The fraction of sp³-hybridized carbons (Fsp3) is 0.600. The standard InChI is InChI=1S/C15H22F2N2O2S/c1-11-4-3-7-19(9-11)10-12(2)18-22(20,21)15-8-13(16)5-6-14(15)17/h5-6,8,11-12,18H,3-4,7,9-10H2,1-2H3/t11-,12+/m0/s1. The van der Waals surface area contributed by atoms with Crippen molar-refractivity contribution in [3.05, 3.63) is 29.8 Å². The molecule has 1 aliphatic heterocycles. The van der Waals surface area contributed by atoms with Crippen molar-refractivity contribution in [2.75, 3.05) is 19.6 Å². The van der Waals surface area contributed by atoms with Gasteiger partial charge in [0.2, 0.25) is 10.0 Å². The van der Waals surface area contributed by atoms with Crippen LogP contribution in [0.1, 0.15) is 26.7 Å². The third kappa shape index (κ3) is 4.47. The van der Waals surface area contributed by atoms with Gasteiger partial charge in [0, 0.05) is 19.1 Å². The fourth-order valence-corrected chi connectivity index (χ4v) is 4.21. The van der Waals surface area contributed by atoms with Crippen LogP contribution in [0, 0.1) is 17.6 Å². The summed E-state index contributed by atoms with van der Waals surface area (Å²) < 4.78 is 53.6. The zero-order valence-corrected chi connectivity index (χ0v) is 13.7. The van der Waals surface area contributed by atoms with Crippen LogP contribution in [0.3, 0.4) is 0 Å². The molecule has 7 heteroatoms. The molecular formula is C15H22F2N2O2S. The number of hydrogen-bond donors (Lipinski definition) is 1. The first kappa shape index (κ1) is 17.3.